The van der Waals surface area contributed by atoms with Gasteiger partial charge in [0.1, 0.15) is 17.3 Å². The number of hydrogen-bond acceptors (Lipinski definition) is 4. The third-order valence-corrected chi connectivity index (χ3v) is 16.2. The van der Waals surface area contributed by atoms with Gasteiger partial charge in [-0.25, -0.2) is 4.98 Å². The van der Waals surface area contributed by atoms with Crippen molar-refractivity contribution in [2.24, 2.45) is 0 Å². The molecular weight excluding hydrogens is 937 g/mol. The van der Waals surface area contributed by atoms with Gasteiger partial charge in [-0.3, -0.25) is 4.57 Å². The van der Waals surface area contributed by atoms with E-state index in [1.165, 1.54) is 72.4 Å². The summed E-state index contributed by atoms with van der Waals surface area (Å²) in [5.74, 6) is 3.03. The van der Waals surface area contributed by atoms with Crippen molar-refractivity contribution in [3.05, 3.63) is 257 Å². The van der Waals surface area contributed by atoms with Crippen LogP contribution in [0, 0.1) is 0 Å². The van der Waals surface area contributed by atoms with E-state index in [-0.39, 0.29) is 16.2 Å². The highest BCUT2D eigenvalue weighted by Crippen LogP contribution is 2.45. The highest BCUT2D eigenvalue weighted by atomic mass is 16.5. The first-order valence-corrected chi connectivity index (χ1v) is 27.5. The van der Waals surface area contributed by atoms with Crippen LogP contribution < -0.4 is 14.5 Å². The third kappa shape index (κ3) is 9.73. The van der Waals surface area contributed by atoms with Gasteiger partial charge >= 0.3 is 0 Å². The predicted octanol–water partition coefficient (Wildman–Crippen LogP) is 19.1. The molecule has 8 aromatic carbocycles. The van der Waals surface area contributed by atoms with Crippen molar-refractivity contribution in [2.75, 3.05) is 16.5 Å². The highest BCUT2D eigenvalue weighted by Gasteiger charge is 2.32. The third-order valence-electron chi connectivity index (χ3n) is 16.2. The van der Waals surface area contributed by atoms with Crippen LogP contribution >= 0.6 is 0 Å². The average molecular weight is 1010 g/mol. The standard InChI is InChI=1S/C72H72N4O/c1-48(2)61-31-22-32-62(49(3)4)69(61)67-46-74(58-40-51(50-23-15-12-16-24-50)39-56(41-58)70(5,6)7)47-75(67)57-29-21-30-59(44-57)77-60-34-35-63-64-42-54(71(8,9)52-25-17-13-18-26-52)33-36-65(64)76(66(63)45-60)68-43-55(37-38-73-68)72(10,11)53-27-19-14-20-28-53/h12-46,48-49H,47H2,1-11H3. The lowest BCUT2D eigenvalue weighted by molar-refractivity contribution is 0.483. The summed E-state index contributed by atoms with van der Waals surface area (Å²) >= 11 is 0. The molecular formula is C72H72N4O. The van der Waals surface area contributed by atoms with Gasteiger partial charge in [0.15, 0.2) is 0 Å². The van der Waals surface area contributed by atoms with Gasteiger partial charge in [-0.1, -0.05) is 204 Å². The summed E-state index contributed by atoms with van der Waals surface area (Å²) in [6, 6.07) is 72.9. The number of aromatic nitrogens is 2. The largest absolute Gasteiger partial charge is 0.457 e. The molecule has 0 unspecified atom stereocenters. The van der Waals surface area contributed by atoms with Crippen LogP contribution in [0.1, 0.15) is 133 Å². The molecule has 386 valence electrons. The monoisotopic (exact) mass is 1010 g/mol. The Bertz CT molecular complexity index is 3770. The molecule has 5 nitrogen and oxygen atoms in total. The molecule has 0 radical (unpaired) electrons. The maximum absolute atomic E-state index is 7.05. The molecule has 0 N–H and O–H groups in total. The van der Waals surface area contributed by atoms with Gasteiger partial charge in [0.2, 0.25) is 0 Å². The summed E-state index contributed by atoms with van der Waals surface area (Å²) in [5.41, 5.74) is 17.7. The Labute approximate surface area is 457 Å². The van der Waals surface area contributed by atoms with Crippen LogP contribution in [0.5, 0.6) is 11.5 Å². The van der Waals surface area contributed by atoms with Crippen LogP contribution in [-0.2, 0) is 16.2 Å². The molecule has 11 rings (SSSR count). The van der Waals surface area contributed by atoms with Crippen molar-refractivity contribution in [3.63, 3.8) is 0 Å². The normalized spacial score (nSPS) is 13.3. The molecule has 0 bridgehead atoms. The Hall–Kier alpha value is -8.15. The molecule has 0 fully saturated rings. The van der Waals surface area contributed by atoms with Gasteiger partial charge in [0, 0.05) is 63.1 Å². The van der Waals surface area contributed by atoms with Gasteiger partial charge in [-0.05, 0) is 128 Å². The Morgan fingerprint density at radius 3 is 1.70 bits per heavy atom. The summed E-state index contributed by atoms with van der Waals surface area (Å²) in [4.78, 5) is 10.0. The fraction of sp³-hybridized carbons (Fsp3) is 0.236. The molecule has 5 heteroatoms. The van der Waals surface area contributed by atoms with E-state index in [0.717, 1.165) is 39.4 Å². The van der Waals surface area contributed by atoms with E-state index in [1.807, 2.05) is 6.20 Å². The van der Waals surface area contributed by atoms with E-state index >= 15 is 0 Å². The zero-order valence-corrected chi connectivity index (χ0v) is 46.8. The van der Waals surface area contributed by atoms with E-state index in [1.54, 1.807) is 0 Å². The lowest BCUT2D eigenvalue weighted by atomic mass is 9.78. The first kappa shape index (κ1) is 51.0. The zero-order chi connectivity index (χ0) is 53.8. The fourth-order valence-corrected chi connectivity index (χ4v) is 11.4. The minimum Gasteiger partial charge on any atom is -0.457 e. The average Bonchev–Trinajstić information content (AvgIpc) is 4.23. The quantitative estimate of drug-likeness (QED) is 0.115. The Morgan fingerprint density at radius 1 is 0.455 bits per heavy atom. The number of fused-ring (bicyclic) bond motifs is 3. The van der Waals surface area contributed by atoms with Crippen LogP contribution in [0.15, 0.2) is 213 Å². The molecule has 0 amide bonds. The Balaban J connectivity index is 1.02. The maximum Gasteiger partial charge on any atom is 0.137 e. The highest BCUT2D eigenvalue weighted by molar-refractivity contribution is 6.10. The molecule has 0 aliphatic carbocycles. The molecule has 2 aromatic heterocycles. The first-order valence-electron chi connectivity index (χ1n) is 27.5. The number of anilines is 2. The zero-order valence-electron chi connectivity index (χ0n) is 46.8. The van der Waals surface area contributed by atoms with Crippen molar-refractivity contribution < 1.29 is 4.74 Å². The summed E-state index contributed by atoms with van der Waals surface area (Å²) in [6.07, 6.45) is 4.35. The lowest BCUT2D eigenvalue weighted by Crippen LogP contribution is -2.27. The van der Waals surface area contributed by atoms with E-state index in [4.69, 9.17) is 9.72 Å². The molecule has 1 aliphatic heterocycles. The number of rotatable bonds is 13. The SMILES string of the molecule is CC(C)c1cccc(C(C)C)c1C1=CN(c2cc(-c3ccccc3)cc(C(C)(C)C)c2)CN1c1cccc(Oc2ccc3c4cc(C(C)(C)c5ccccc5)ccc4n(-c4cc(C(C)(C)c5ccccc5)ccn4)c3c2)c1. The van der Waals surface area contributed by atoms with Gasteiger partial charge in [0.05, 0.1) is 23.4 Å². The van der Waals surface area contributed by atoms with Crippen molar-refractivity contribution >= 4 is 38.9 Å². The molecule has 77 heavy (non-hydrogen) atoms. The van der Waals surface area contributed by atoms with Gasteiger partial charge in [-0.15, -0.1) is 0 Å². The molecule has 10 aromatic rings. The van der Waals surface area contributed by atoms with Crippen molar-refractivity contribution in [1.29, 1.82) is 0 Å². The summed E-state index contributed by atoms with van der Waals surface area (Å²) < 4.78 is 9.37. The maximum atomic E-state index is 7.05. The molecule has 3 heterocycles. The van der Waals surface area contributed by atoms with Crippen molar-refractivity contribution in [1.82, 2.24) is 9.55 Å². The summed E-state index contributed by atoms with van der Waals surface area (Å²) in [7, 11) is 0. The van der Waals surface area contributed by atoms with E-state index < -0.39 is 0 Å². The van der Waals surface area contributed by atoms with E-state index in [2.05, 4.69) is 297 Å². The molecule has 0 saturated heterocycles. The van der Waals surface area contributed by atoms with Gasteiger partial charge < -0.3 is 14.5 Å². The number of hydrogen-bond donors (Lipinski definition) is 0. The Morgan fingerprint density at radius 2 is 1.06 bits per heavy atom. The predicted molar refractivity (Wildman–Crippen MR) is 325 cm³/mol. The minimum absolute atomic E-state index is 0.0499. The van der Waals surface area contributed by atoms with Crippen LogP contribution in [0.25, 0.3) is 44.4 Å². The topological polar surface area (TPSA) is 33.5 Å². The smallest absolute Gasteiger partial charge is 0.137 e. The number of nitrogens with zero attached hydrogens (tertiary/aromatic N) is 4. The molecule has 0 saturated carbocycles. The van der Waals surface area contributed by atoms with Crippen molar-refractivity contribution in [3.8, 4) is 28.4 Å². The van der Waals surface area contributed by atoms with Gasteiger partial charge in [0.25, 0.3) is 0 Å². The number of benzene rings is 8. The number of pyridine rings is 1. The van der Waals surface area contributed by atoms with Crippen LogP contribution in [0.4, 0.5) is 11.4 Å². The summed E-state index contributed by atoms with van der Waals surface area (Å²) in [5, 5.41) is 2.32. The van der Waals surface area contributed by atoms with E-state index in [0.29, 0.717) is 18.5 Å². The second kappa shape index (κ2) is 20.1. The minimum atomic E-state index is -0.250. The Kier molecular flexibility index (Phi) is 13.3. The van der Waals surface area contributed by atoms with E-state index in [9.17, 15) is 0 Å². The van der Waals surface area contributed by atoms with Crippen LogP contribution in [-0.4, -0.2) is 16.2 Å². The lowest BCUT2D eigenvalue weighted by Gasteiger charge is -2.29. The van der Waals surface area contributed by atoms with Crippen LogP contribution in [0.3, 0.4) is 0 Å². The second-order valence-corrected chi connectivity index (χ2v) is 23.8. The first-order chi connectivity index (χ1) is 36.9. The molecule has 0 atom stereocenters. The van der Waals surface area contributed by atoms with Crippen LogP contribution in [0.2, 0.25) is 0 Å². The number of ether oxygens (including phenoxy) is 1. The second-order valence-electron chi connectivity index (χ2n) is 23.8. The molecule has 1 aliphatic rings. The summed E-state index contributed by atoms with van der Waals surface area (Å²) in [6.45, 7) is 26.0. The van der Waals surface area contributed by atoms with Crippen molar-refractivity contribution in [2.45, 2.75) is 104 Å². The molecule has 0 spiro atoms. The fourth-order valence-electron chi connectivity index (χ4n) is 11.4. The van der Waals surface area contributed by atoms with Gasteiger partial charge in [-0.2, -0.15) is 0 Å².